The average molecular weight is 492 g/mol. The zero-order chi connectivity index (χ0) is 22.8. The number of hydrogen-bond donors (Lipinski definition) is 1. The Kier molecular flexibility index (Phi) is 8.41. The second-order valence-electron chi connectivity index (χ2n) is 6.76. The number of halogens is 1. The number of rotatable bonds is 9. The fourth-order valence-electron chi connectivity index (χ4n) is 2.90. The summed E-state index contributed by atoms with van der Waals surface area (Å²) < 4.78 is 12.6. The van der Waals surface area contributed by atoms with Crippen molar-refractivity contribution in [2.45, 2.75) is 19.4 Å². The van der Waals surface area contributed by atoms with Crippen LogP contribution in [0.25, 0.3) is 0 Å². The van der Waals surface area contributed by atoms with Gasteiger partial charge in [-0.1, -0.05) is 58.4 Å². The second kappa shape index (κ2) is 11.7. The topological polar surface area (TPSA) is 83.7 Å². The van der Waals surface area contributed by atoms with Gasteiger partial charge in [-0.3, -0.25) is 4.79 Å². The average Bonchev–Trinajstić information content (AvgIpc) is 2.81. The first kappa shape index (κ1) is 23.0. The van der Waals surface area contributed by atoms with Gasteiger partial charge in [0, 0.05) is 4.47 Å². The Balaban J connectivity index is 1.65. The summed E-state index contributed by atoms with van der Waals surface area (Å²) in [5.74, 6) is -0.222. The Bertz CT molecular complexity index is 1110. The van der Waals surface area contributed by atoms with Gasteiger partial charge in [0.2, 0.25) is 0 Å². The third kappa shape index (κ3) is 6.43. The van der Waals surface area contributed by atoms with Gasteiger partial charge in [0.1, 0.15) is 6.61 Å². The quantitative estimate of drug-likeness (QED) is 0.330. The maximum Gasteiger partial charge on any atom is 0.261 e. The monoisotopic (exact) mass is 491 g/mol. The van der Waals surface area contributed by atoms with Crippen LogP contribution in [0.3, 0.4) is 0 Å². The van der Waals surface area contributed by atoms with Crippen molar-refractivity contribution in [2.75, 3.05) is 6.61 Å². The van der Waals surface area contributed by atoms with E-state index in [1.807, 2.05) is 49.4 Å². The van der Waals surface area contributed by atoms with E-state index in [0.717, 1.165) is 15.6 Å². The van der Waals surface area contributed by atoms with E-state index < -0.39 is 11.8 Å². The molecule has 3 aromatic carbocycles. The van der Waals surface area contributed by atoms with E-state index >= 15 is 0 Å². The van der Waals surface area contributed by atoms with E-state index in [4.69, 9.17) is 9.47 Å². The minimum Gasteiger partial charge on any atom is -0.490 e. The van der Waals surface area contributed by atoms with Crippen LogP contribution in [0.4, 0.5) is 0 Å². The van der Waals surface area contributed by atoms with Crippen molar-refractivity contribution in [2.24, 2.45) is 5.10 Å². The molecule has 0 saturated carbocycles. The van der Waals surface area contributed by atoms with Crippen LogP contribution in [0.1, 0.15) is 29.5 Å². The Morgan fingerprint density at radius 1 is 1.09 bits per heavy atom. The molecule has 0 aliphatic carbocycles. The highest BCUT2D eigenvalue weighted by molar-refractivity contribution is 9.10. The van der Waals surface area contributed by atoms with Crippen molar-refractivity contribution in [3.63, 3.8) is 0 Å². The van der Waals surface area contributed by atoms with E-state index in [0.29, 0.717) is 30.3 Å². The van der Waals surface area contributed by atoms with E-state index in [1.165, 1.54) is 6.21 Å². The first-order chi connectivity index (χ1) is 15.6. The van der Waals surface area contributed by atoms with Crippen LogP contribution in [0.5, 0.6) is 11.5 Å². The minimum absolute atomic E-state index is 0.409. The third-order valence-corrected chi connectivity index (χ3v) is 5.02. The van der Waals surface area contributed by atoms with Crippen molar-refractivity contribution in [3.8, 4) is 17.6 Å². The molecular formula is C25H22BrN3O3. The first-order valence-corrected chi connectivity index (χ1v) is 10.8. The Morgan fingerprint density at radius 2 is 1.84 bits per heavy atom. The molecule has 7 heteroatoms. The number of nitrogens with zero attached hydrogens (tertiary/aromatic N) is 2. The molecular weight excluding hydrogens is 470 g/mol. The van der Waals surface area contributed by atoms with Crippen LogP contribution >= 0.6 is 15.9 Å². The molecule has 162 valence electrons. The SMILES string of the molecule is CCOc1cc(/C=N\NC(=O)[C@H](C#N)c2ccccc2)ccc1OCc1ccc(Br)cc1. The number of nitriles is 1. The van der Waals surface area contributed by atoms with Crippen molar-refractivity contribution in [1.82, 2.24) is 5.43 Å². The molecule has 1 N–H and O–H groups in total. The lowest BCUT2D eigenvalue weighted by atomic mass is 10.0. The molecule has 32 heavy (non-hydrogen) atoms. The Labute approximate surface area is 195 Å². The fourth-order valence-corrected chi connectivity index (χ4v) is 3.16. The Morgan fingerprint density at radius 3 is 2.53 bits per heavy atom. The maximum atomic E-state index is 12.3. The highest BCUT2D eigenvalue weighted by Gasteiger charge is 2.19. The maximum absolute atomic E-state index is 12.3. The fraction of sp³-hybridized carbons (Fsp3) is 0.160. The third-order valence-electron chi connectivity index (χ3n) is 4.49. The summed E-state index contributed by atoms with van der Waals surface area (Å²) in [4.78, 5) is 12.3. The van der Waals surface area contributed by atoms with Crippen LogP contribution in [0, 0.1) is 11.3 Å². The number of carbonyl (C=O) groups is 1. The molecule has 0 spiro atoms. The molecule has 0 aliphatic heterocycles. The number of benzene rings is 3. The summed E-state index contributed by atoms with van der Waals surface area (Å²) in [7, 11) is 0. The number of carbonyl (C=O) groups excluding carboxylic acids is 1. The number of hydrogen-bond acceptors (Lipinski definition) is 5. The van der Waals surface area contributed by atoms with Crippen molar-refractivity contribution in [3.05, 3.63) is 94.0 Å². The molecule has 0 aromatic heterocycles. The molecule has 0 saturated heterocycles. The zero-order valence-corrected chi connectivity index (χ0v) is 19.1. The van der Waals surface area contributed by atoms with Gasteiger partial charge in [0.05, 0.1) is 18.9 Å². The Hall–Kier alpha value is -3.63. The van der Waals surface area contributed by atoms with Gasteiger partial charge in [-0.25, -0.2) is 5.43 Å². The first-order valence-electron chi connectivity index (χ1n) is 10.0. The van der Waals surface area contributed by atoms with Gasteiger partial charge in [-0.15, -0.1) is 0 Å². The molecule has 0 bridgehead atoms. The molecule has 0 aliphatic rings. The molecule has 6 nitrogen and oxygen atoms in total. The van der Waals surface area contributed by atoms with E-state index in [-0.39, 0.29) is 0 Å². The summed E-state index contributed by atoms with van der Waals surface area (Å²) in [6.45, 7) is 2.78. The molecule has 0 unspecified atom stereocenters. The van der Waals surface area contributed by atoms with Gasteiger partial charge in [-0.05, 0) is 53.9 Å². The predicted octanol–water partition coefficient (Wildman–Crippen LogP) is 5.18. The lowest BCUT2D eigenvalue weighted by molar-refractivity contribution is -0.121. The summed E-state index contributed by atoms with van der Waals surface area (Å²) >= 11 is 3.42. The molecule has 3 rings (SSSR count). The van der Waals surface area contributed by atoms with Gasteiger partial charge in [-0.2, -0.15) is 10.4 Å². The highest BCUT2D eigenvalue weighted by Crippen LogP contribution is 2.29. The van der Waals surface area contributed by atoms with E-state index in [1.54, 1.807) is 36.4 Å². The summed E-state index contributed by atoms with van der Waals surface area (Å²) in [6.07, 6.45) is 1.50. The van der Waals surface area contributed by atoms with Crippen LogP contribution in [0.2, 0.25) is 0 Å². The van der Waals surface area contributed by atoms with Crippen molar-refractivity contribution < 1.29 is 14.3 Å². The van der Waals surface area contributed by atoms with Gasteiger partial charge in [0.15, 0.2) is 17.4 Å². The zero-order valence-electron chi connectivity index (χ0n) is 17.5. The lowest BCUT2D eigenvalue weighted by Gasteiger charge is -2.13. The second-order valence-corrected chi connectivity index (χ2v) is 7.68. The number of ether oxygens (including phenoxy) is 2. The number of hydrazone groups is 1. The van der Waals surface area contributed by atoms with Crippen molar-refractivity contribution in [1.29, 1.82) is 5.26 Å². The number of nitrogens with one attached hydrogen (secondary N) is 1. The summed E-state index contributed by atoms with van der Waals surface area (Å²) in [5, 5.41) is 13.3. The molecule has 0 heterocycles. The lowest BCUT2D eigenvalue weighted by Crippen LogP contribution is -2.24. The largest absolute Gasteiger partial charge is 0.490 e. The van der Waals surface area contributed by atoms with Gasteiger partial charge >= 0.3 is 0 Å². The summed E-state index contributed by atoms with van der Waals surface area (Å²) in [5.41, 5.74) is 4.81. The molecule has 1 amide bonds. The van der Waals surface area contributed by atoms with Crippen LogP contribution in [-0.4, -0.2) is 18.7 Å². The molecule has 0 radical (unpaired) electrons. The predicted molar refractivity (Wildman–Crippen MR) is 127 cm³/mol. The van der Waals surface area contributed by atoms with E-state index in [9.17, 15) is 10.1 Å². The van der Waals surface area contributed by atoms with Gasteiger partial charge < -0.3 is 9.47 Å². The van der Waals surface area contributed by atoms with Crippen molar-refractivity contribution >= 4 is 28.1 Å². The van der Waals surface area contributed by atoms with Crippen LogP contribution in [0.15, 0.2) is 82.4 Å². The standard InChI is InChI=1S/C25H22BrN3O3/c1-2-31-24-14-19(10-13-23(24)32-17-18-8-11-21(26)12-9-18)16-28-29-25(30)22(15-27)20-6-4-3-5-7-20/h3-14,16,22H,2,17H2,1H3,(H,29,30)/b28-16-/t22-/m1/s1. The normalized spacial score (nSPS) is 11.5. The van der Waals surface area contributed by atoms with Crippen LogP contribution < -0.4 is 14.9 Å². The molecule has 1 atom stereocenters. The molecule has 0 fully saturated rings. The number of amides is 1. The van der Waals surface area contributed by atoms with Crippen LogP contribution in [-0.2, 0) is 11.4 Å². The minimum atomic E-state index is -0.929. The molecule has 3 aromatic rings. The highest BCUT2D eigenvalue weighted by atomic mass is 79.9. The smallest absolute Gasteiger partial charge is 0.261 e. The van der Waals surface area contributed by atoms with Gasteiger partial charge in [0.25, 0.3) is 5.91 Å². The summed E-state index contributed by atoms with van der Waals surface area (Å²) in [6, 6.07) is 24.2. The van der Waals surface area contributed by atoms with E-state index in [2.05, 4.69) is 26.5 Å².